The van der Waals surface area contributed by atoms with Crippen molar-refractivity contribution in [2.75, 3.05) is 0 Å². The lowest BCUT2D eigenvalue weighted by Crippen LogP contribution is -1.99. The largest absolute Gasteiger partial charge is 0.0656 e. The molecule has 100 valence electrons. The van der Waals surface area contributed by atoms with E-state index >= 15 is 0 Å². The molecule has 0 saturated heterocycles. The maximum atomic E-state index is 2.36. The Morgan fingerprint density at radius 2 is 1.12 bits per heavy atom. The van der Waals surface area contributed by atoms with Gasteiger partial charge in [-0.25, -0.2) is 0 Å². The van der Waals surface area contributed by atoms with E-state index in [1.165, 1.54) is 64.2 Å². The molecule has 0 heteroatoms. The average Bonchev–Trinajstić information content (AvgIpc) is 2.29. The van der Waals surface area contributed by atoms with Gasteiger partial charge in [0.25, 0.3) is 0 Å². The summed E-state index contributed by atoms with van der Waals surface area (Å²) < 4.78 is 0. The van der Waals surface area contributed by atoms with Gasteiger partial charge in [-0.2, -0.15) is 0 Å². The van der Waals surface area contributed by atoms with Crippen LogP contribution in [-0.2, 0) is 0 Å². The average molecular weight is 228 g/mol. The van der Waals surface area contributed by atoms with Crippen molar-refractivity contribution in [1.29, 1.82) is 0 Å². The molecule has 0 radical (unpaired) electrons. The van der Waals surface area contributed by atoms with Gasteiger partial charge in [-0.15, -0.1) is 0 Å². The first kappa shape index (κ1) is 18.4. The Labute approximate surface area is 105 Å². The first-order valence-electron chi connectivity index (χ1n) is 7.72. The highest BCUT2D eigenvalue weighted by Crippen LogP contribution is 2.22. The van der Waals surface area contributed by atoms with Crippen molar-refractivity contribution in [2.24, 2.45) is 5.92 Å². The summed E-state index contributed by atoms with van der Waals surface area (Å²) in [6.45, 7) is 11.1. The molecule has 0 amide bonds. The fraction of sp³-hybridized carbons (Fsp3) is 1.00. The molecule has 1 fully saturated rings. The molecule has 1 rings (SSSR count). The molecule has 1 aliphatic rings. The summed E-state index contributed by atoms with van der Waals surface area (Å²) in [6.07, 6.45) is 14.2. The van der Waals surface area contributed by atoms with Crippen molar-refractivity contribution >= 4 is 0 Å². The van der Waals surface area contributed by atoms with E-state index in [1.54, 1.807) is 0 Å². The molecule has 0 heterocycles. The van der Waals surface area contributed by atoms with Crippen LogP contribution in [0, 0.1) is 5.92 Å². The maximum absolute atomic E-state index is 2.36. The van der Waals surface area contributed by atoms with Crippen LogP contribution in [0.25, 0.3) is 0 Å². The Bertz CT molecular complexity index is 86.2. The minimum absolute atomic E-state index is 1.04. The molecule has 0 spiro atoms. The third-order valence-corrected chi connectivity index (χ3v) is 2.85. The molecule has 1 aliphatic carbocycles. The molecule has 1 saturated carbocycles. The normalized spacial score (nSPS) is 15.6. The molecule has 0 aromatic heterocycles. The lowest BCUT2D eigenvalue weighted by Gasteiger charge is -2.15. The predicted octanol–water partition coefficient (Wildman–Crippen LogP) is 6.59. The van der Waals surface area contributed by atoms with Gasteiger partial charge in [0.2, 0.25) is 0 Å². The summed E-state index contributed by atoms with van der Waals surface area (Å²) in [6, 6.07) is 0. The molecule has 0 aromatic rings. The van der Waals surface area contributed by atoms with Crippen LogP contribution in [0.1, 0.15) is 98.8 Å². The van der Waals surface area contributed by atoms with Gasteiger partial charge in [-0.3, -0.25) is 0 Å². The van der Waals surface area contributed by atoms with E-state index in [1.807, 2.05) is 0 Å². The van der Waals surface area contributed by atoms with Crippen LogP contribution in [-0.4, -0.2) is 0 Å². The molecule has 0 bridgehead atoms. The number of hydrogen-bond donors (Lipinski definition) is 0. The highest BCUT2D eigenvalue weighted by molar-refractivity contribution is 4.59. The Morgan fingerprint density at radius 3 is 1.31 bits per heavy atom. The van der Waals surface area contributed by atoms with E-state index in [0.29, 0.717) is 0 Å². The van der Waals surface area contributed by atoms with E-state index in [0.717, 1.165) is 5.92 Å². The second kappa shape index (κ2) is 17.4. The van der Waals surface area contributed by atoms with E-state index in [-0.39, 0.29) is 0 Å². The Balaban J connectivity index is 0. The zero-order valence-corrected chi connectivity index (χ0v) is 12.6. The van der Waals surface area contributed by atoms with Gasteiger partial charge in [0.05, 0.1) is 0 Å². The minimum Gasteiger partial charge on any atom is -0.0656 e. The van der Waals surface area contributed by atoms with Crippen molar-refractivity contribution < 1.29 is 0 Å². The molecule has 0 unspecified atom stereocenters. The number of unbranched alkanes of at least 4 members (excludes halogenated alkanes) is 3. The highest BCUT2D eigenvalue weighted by Gasteiger charge is 2.05. The molecular weight excluding hydrogens is 192 g/mol. The van der Waals surface area contributed by atoms with Crippen LogP contribution >= 0.6 is 0 Å². The van der Waals surface area contributed by atoms with Crippen LogP contribution in [0.3, 0.4) is 0 Å². The SMILES string of the molecule is CC1CCCCC1.CCC.CCCCCC. The lowest BCUT2D eigenvalue weighted by atomic mass is 9.91. The number of hydrogen-bond acceptors (Lipinski definition) is 0. The molecular formula is C16H36. The van der Waals surface area contributed by atoms with Crippen molar-refractivity contribution in [1.82, 2.24) is 0 Å². The fourth-order valence-corrected chi connectivity index (χ4v) is 1.81. The van der Waals surface area contributed by atoms with Crippen molar-refractivity contribution in [3.63, 3.8) is 0 Å². The molecule has 0 atom stereocenters. The zero-order chi connectivity index (χ0) is 12.6. The van der Waals surface area contributed by atoms with Crippen LogP contribution in [0.5, 0.6) is 0 Å². The Kier molecular flexibility index (Phi) is 20.0. The van der Waals surface area contributed by atoms with E-state index in [4.69, 9.17) is 0 Å². The van der Waals surface area contributed by atoms with Crippen molar-refractivity contribution in [3.8, 4) is 0 Å². The maximum Gasteiger partial charge on any atom is -0.0443 e. The monoisotopic (exact) mass is 228 g/mol. The van der Waals surface area contributed by atoms with E-state index < -0.39 is 0 Å². The molecule has 16 heavy (non-hydrogen) atoms. The topological polar surface area (TPSA) is 0 Å². The van der Waals surface area contributed by atoms with Gasteiger partial charge in [0.1, 0.15) is 0 Å². The predicted molar refractivity (Wildman–Crippen MR) is 78.0 cm³/mol. The third-order valence-electron chi connectivity index (χ3n) is 2.85. The summed E-state index contributed by atoms with van der Waals surface area (Å²) >= 11 is 0. The first-order valence-corrected chi connectivity index (χ1v) is 7.72. The Hall–Kier alpha value is 0. The van der Waals surface area contributed by atoms with Crippen molar-refractivity contribution in [3.05, 3.63) is 0 Å². The smallest absolute Gasteiger partial charge is 0.0443 e. The van der Waals surface area contributed by atoms with Crippen LogP contribution in [0.15, 0.2) is 0 Å². The standard InChI is InChI=1S/C7H14.C6H14.C3H8/c1-7-5-3-2-4-6-7;1-3-5-6-4-2;1-3-2/h7H,2-6H2,1H3;3-6H2,1-2H3;3H2,1-2H3. The minimum atomic E-state index is 1.04. The summed E-state index contributed by atoms with van der Waals surface area (Å²) in [5.41, 5.74) is 0. The van der Waals surface area contributed by atoms with Crippen molar-refractivity contribution in [2.45, 2.75) is 98.8 Å². The Morgan fingerprint density at radius 1 is 0.750 bits per heavy atom. The van der Waals surface area contributed by atoms with Crippen LogP contribution in [0.2, 0.25) is 0 Å². The number of rotatable bonds is 3. The van der Waals surface area contributed by atoms with Gasteiger partial charge in [-0.05, 0) is 5.92 Å². The molecule has 0 nitrogen and oxygen atoms in total. The summed E-state index contributed by atoms with van der Waals surface area (Å²) in [7, 11) is 0. The summed E-state index contributed by atoms with van der Waals surface area (Å²) in [5.74, 6) is 1.04. The van der Waals surface area contributed by atoms with Gasteiger partial charge < -0.3 is 0 Å². The first-order chi connectivity index (χ1) is 7.72. The molecule has 0 aromatic carbocycles. The van der Waals surface area contributed by atoms with E-state index in [2.05, 4.69) is 34.6 Å². The van der Waals surface area contributed by atoms with E-state index in [9.17, 15) is 0 Å². The third kappa shape index (κ3) is 19.6. The van der Waals surface area contributed by atoms with Gasteiger partial charge in [0, 0.05) is 0 Å². The summed E-state index contributed by atoms with van der Waals surface area (Å²) in [5, 5.41) is 0. The zero-order valence-electron chi connectivity index (χ0n) is 12.6. The molecule has 0 N–H and O–H groups in total. The van der Waals surface area contributed by atoms with Gasteiger partial charge >= 0.3 is 0 Å². The second-order valence-electron chi connectivity index (χ2n) is 5.16. The van der Waals surface area contributed by atoms with Crippen LogP contribution < -0.4 is 0 Å². The highest BCUT2D eigenvalue weighted by atomic mass is 14.1. The summed E-state index contributed by atoms with van der Waals surface area (Å²) in [4.78, 5) is 0. The second-order valence-corrected chi connectivity index (χ2v) is 5.16. The lowest BCUT2D eigenvalue weighted by molar-refractivity contribution is 0.385. The van der Waals surface area contributed by atoms with Gasteiger partial charge in [-0.1, -0.05) is 98.8 Å². The van der Waals surface area contributed by atoms with Gasteiger partial charge in [0.15, 0.2) is 0 Å². The van der Waals surface area contributed by atoms with Crippen LogP contribution in [0.4, 0.5) is 0 Å². The fourth-order valence-electron chi connectivity index (χ4n) is 1.81. The molecule has 0 aliphatic heterocycles. The quantitative estimate of drug-likeness (QED) is 0.478.